The molecule has 4 aromatic rings. The number of carbonyl (C=O) groups excluding carboxylic acids is 2. The second-order valence-corrected chi connectivity index (χ2v) is 8.73. The first-order chi connectivity index (χ1) is 15.5. The van der Waals surface area contributed by atoms with Crippen LogP contribution in [0, 0.1) is 6.92 Å². The third-order valence-corrected chi connectivity index (χ3v) is 5.90. The van der Waals surface area contributed by atoms with Gasteiger partial charge in [0.25, 0.3) is 5.91 Å². The van der Waals surface area contributed by atoms with Crippen molar-refractivity contribution in [1.29, 1.82) is 0 Å². The Morgan fingerprint density at radius 2 is 1.94 bits per heavy atom. The number of rotatable bonds is 8. The molecule has 32 heavy (non-hydrogen) atoms. The molecule has 3 heterocycles. The number of para-hydroxylation sites is 1. The fraction of sp³-hybridized carbons (Fsp3) is 0.182. The van der Waals surface area contributed by atoms with Crippen molar-refractivity contribution in [3.05, 3.63) is 69.2 Å². The van der Waals surface area contributed by atoms with Gasteiger partial charge in [0, 0.05) is 17.7 Å². The Labute approximate surface area is 192 Å². The normalized spacial score (nSPS) is 10.7. The van der Waals surface area contributed by atoms with E-state index in [4.69, 9.17) is 9.15 Å². The van der Waals surface area contributed by atoms with Crippen LogP contribution in [0.5, 0.6) is 5.75 Å². The first-order valence-corrected chi connectivity index (χ1v) is 11.5. The van der Waals surface area contributed by atoms with Gasteiger partial charge in [-0.2, -0.15) is 0 Å². The maximum Gasteiger partial charge on any atom is 0.261 e. The Kier molecular flexibility index (Phi) is 6.62. The number of amides is 2. The highest BCUT2D eigenvalue weighted by Crippen LogP contribution is 2.28. The summed E-state index contributed by atoms with van der Waals surface area (Å²) in [5, 5.41) is 10.6. The number of thiazole rings is 2. The average Bonchev–Trinajstić information content (AvgIpc) is 3.52. The van der Waals surface area contributed by atoms with Gasteiger partial charge >= 0.3 is 0 Å². The average molecular weight is 469 g/mol. The van der Waals surface area contributed by atoms with E-state index in [1.165, 1.54) is 18.3 Å². The number of ether oxygens (including phenoxy) is 1. The van der Waals surface area contributed by atoms with E-state index in [-0.39, 0.29) is 18.4 Å². The third kappa shape index (κ3) is 5.40. The lowest BCUT2D eigenvalue weighted by molar-refractivity contribution is -0.119. The van der Waals surface area contributed by atoms with Gasteiger partial charge in [-0.1, -0.05) is 12.1 Å². The van der Waals surface area contributed by atoms with Crippen molar-refractivity contribution >= 4 is 39.6 Å². The molecule has 1 aromatic carbocycles. The molecule has 2 N–H and O–H groups in total. The van der Waals surface area contributed by atoms with Crippen molar-refractivity contribution in [3.63, 3.8) is 0 Å². The summed E-state index contributed by atoms with van der Waals surface area (Å²) >= 11 is 2.85. The maximum absolute atomic E-state index is 12.8. The number of nitrogens with one attached hydrogen (secondary N) is 2. The predicted octanol–water partition coefficient (Wildman–Crippen LogP) is 4.64. The van der Waals surface area contributed by atoms with E-state index in [2.05, 4.69) is 20.6 Å². The van der Waals surface area contributed by atoms with Crippen LogP contribution in [-0.4, -0.2) is 21.8 Å². The van der Waals surface area contributed by atoms with E-state index in [1.807, 2.05) is 18.4 Å². The van der Waals surface area contributed by atoms with E-state index in [0.717, 1.165) is 10.7 Å². The van der Waals surface area contributed by atoms with Crippen LogP contribution in [0.2, 0.25) is 0 Å². The Hall–Kier alpha value is -3.50. The molecule has 0 aliphatic rings. The van der Waals surface area contributed by atoms with Gasteiger partial charge in [-0.3, -0.25) is 14.9 Å². The van der Waals surface area contributed by atoms with Gasteiger partial charge in [0.05, 0.1) is 22.8 Å². The molecule has 0 aliphatic carbocycles. The summed E-state index contributed by atoms with van der Waals surface area (Å²) < 4.78 is 11.5. The van der Waals surface area contributed by atoms with E-state index < -0.39 is 0 Å². The second kappa shape index (κ2) is 9.75. The van der Waals surface area contributed by atoms with Crippen molar-refractivity contribution < 1.29 is 18.7 Å². The number of hydrogen-bond donors (Lipinski definition) is 2. The van der Waals surface area contributed by atoms with Crippen molar-refractivity contribution in [2.24, 2.45) is 0 Å². The van der Waals surface area contributed by atoms with Gasteiger partial charge in [-0.15, -0.1) is 22.7 Å². The molecule has 8 nitrogen and oxygen atoms in total. The number of carbonyl (C=O) groups is 2. The van der Waals surface area contributed by atoms with Crippen LogP contribution in [0.4, 0.5) is 5.13 Å². The molecule has 0 atom stereocenters. The molecule has 10 heteroatoms. The molecular weight excluding hydrogens is 448 g/mol. The number of hydrogen-bond acceptors (Lipinski definition) is 8. The van der Waals surface area contributed by atoms with Crippen LogP contribution < -0.4 is 15.4 Å². The Bertz CT molecular complexity index is 1240. The molecule has 0 saturated heterocycles. The van der Waals surface area contributed by atoms with Gasteiger partial charge in [-0.05, 0) is 31.2 Å². The minimum Gasteiger partial charge on any atom is -0.486 e. The van der Waals surface area contributed by atoms with Crippen LogP contribution in [-0.2, 0) is 17.9 Å². The van der Waals surface area contributed by atoms with Gasteiger partial charge in [0.15, 0.2) is 10.9 Å². The van der Waals surface area contributed by atoms with Crippen LogP contribution in [0.15, 0.2) is 51.6 Å². The van der Waals surface area contributed by atoms with Gasteiger partial charge in [0.2, 0.25) is 5.91 Å². The van der Waals surface area contributed by atoms with Gasteiger partial charge in [0.1, 0.15) is 23.8 Å². The van der Waals surface area contributed by atoms with Gasteiger partial charge < -0.3 is 14.5 Å². The zero-order valence-electron chi connectivity index (χ0n) is 17.4. The van der Waals surface area contributed by atoms with Crippen molar-refractivity contribution in [1.82, 2.24) is 15.3 Å². The van der Waals surface area contributed by atoms with Crippen molar-refractivity contribution in [3.8, 4) is 17.2 Å². The van der Waals surface area contributed by atoms with Crippen LogP contribution in [0.25, 0.3) is 11.5 Å². The smallest absolute Gasteiger partial charge is 0.261 e. The number of aryl methyl sites for hydroxylation is 1. The van der Waals surface area contributed by atoms with Crippen molar-refractivity contribution in [2.45, 2.75) is 27.0 Å². The molecule has 0 fully saturated rings. The Morgan fingerprint density at radius 3 is 2.72 bits per heavy atom. The second-order valence-electron chi connectivity index (χ2n) is 6.81. The Morgan fingerprint density at radius 1 is 1.09 bits per heavy atom. The molecule has 0 spiro atoms. The number of anilines is 1. The molecular formula is C22H20N4O4S2. The van der Waals surface area contributed by atoms with Crippen LogP contribution in [0.3, 0.4) is 0 Å². The fourth-order valence-electron chi connectivity index (χ4n) is 2.84. The van der Waals surface area contributed by atoms with E-state index >= 15 is 0 Å². The van der Waals surface area contributed by atoms with E-state index in [0.29, 0.717) is 40.2 Å². The number of benzene rings is 1. The minimum absolute atomic E-state index is 0.132. The quantitative estimate of drug-likeness (QED) is 0.390. The lowest BCUT2D eigenvalue weighted by Crippen LogP contribution is -2.18. The largest absolute Gasteiger partial charge is 0.486 e. The zero-order valence-corrected chi connectivity index (χ0v) is 19.0. The molecule has 0 unspecified atom stereocenters. The summed E-state index contributed by atoms with van der Waals surface area (Å²) in [6, 6.07) is 10.6. The standard InChI is InChI=1S/C22H20N4O4S2/c1-13(27)23-9-16-7-8-20(30-16)18-12-32-22(25-18)26-21(28)17-5-3-4-6-19(17)29-10-15-11-31-14(2)24-15/h3-8,11-12H,9-10H2,1-2H3,(H,23,27)(H,25,26,28). The highest BCUT2D eigenvalue weighted by molar-refractivity contribution is 7.14. The third-order valence-electron chi connectivity index (χ3n) is 4.32. The van der Waals surface area contributed by atoms with Crippen molar-refractivity contribution in [2.75, 3.05) is 5.32 Å². The minimum atomic E-state index is -0.318. The monoisotopic (exact) mass is 468 g/mol. The van der Waals surface area contributed by atoms with Gasteiger partial charge in [-0.25, -0.2) is 9.97 Å². The zero-order chi connectivity index (χ0) is 22.5. The molecule has 0 radical (unpaired) electrons. The lowest BCUT2D eigenvalue weighted by atomic mass is 10.2. The predicted molar refractivity (Wildman–Crippen MR) is 123 cm³/mol. The highest BCUT2D eigenvalue weighted by atomic mass is 32.1. The summed E-state index contributed by atoms with van der Waals surface area (Å²) in [4.78, 5) is 32.7. The number of aromatic nitrogens is 2. The summed E-state index contributed by atoms with van der Waals surface area (Å²) in [6.45, 7) is 3.97. The molecule has 164 valence electrons. The maximum atomic E-state index is 12.8. The highest BCUT2D eigenvalue weighted by Gasteiger charge is 2.16. The molecule has 0 aliphatic heterocycles. The molecule has 4 rings (SSSR count). The number of nitrogens with zero attached hydrogens (tertiary/aromatic N) is 2. The number of furan rings is 1. The summed E-state index contributed by atoms with van der Waals surface area (Å²) in [5.74, 6) is 1.20. The summed E-state index contributed by atoms with van der Waals surface area (Å²) in [5.41, 5.74) is 1.83. The van der Waals surface area contributed by atoms with Crippen LogP contribution >= 0.6 is 22.7 Å². The molecule has 0 saturated carbocycles. The lowest BCUT2D eigenvalue weighted by Gasteiger charge is -2.10. The Balaban J connectivity index is 1.42. The first-order valence-electron chi connectivity index (χ1n) is 9.71. The fourth-order valence-corrected chi connectivity index (χ4v) is 4.13. The first kappa shape index (κ1) is 21.7. The van der Waals surface area contributed by atoms with E-state index in [9.17, 15) is 9.59 Å². The van der Waals surface area contributed by atoms with Crippen LogP contribution in [0.1, 0.15) is 33.7 Å². The molecule has 2 amide bonds. The topological polar surface area (TPSA) is 106 Å². The molecule has 3 aromatic heterocycles. The molecule has 0 bridgehead atoms. The SMILES string of the molecule is CC(=O)NCc1ccc(-c2csc(NC(=O)c3ccccc3OCc3csc(C)n3)n2)o1. The summed E-state index contributed by atoms with van der Waals surface area (Å²) in [6.07, 6.45) is 0. The van der Waals surface area contributed by atoms with E-state index in [1.54, 1.807) is 47.0 Å². The summed E-state index contributed by atoms with van der Waals surface area (Å²) in [7, 11) is 0.